The van der Waals surface area contributed by atoms with Crippen LogP contribution < -0.4 is 4.74 Å². The molecule has 0 aliphatic carbocycles. The maximum atomic E-state index is 12.3. The first-order chi connectivity index (χ1) is 11.4. The molecule has 130 valence electrons. The standard InChI is InChI=1S/C17H23N3O3S/c1-11(2)20(12(3)4)15(21)10-24-17-19-18-16(23-17)13-6-8-14(22-5)9-7-13/h6-9,11-12H,10H2,1-5H3. The molecule has 1 heterocycles. The minimum atomic E-state index is 0.0641. The lowest BCUT2D eigenvalue weighted by Crippen LogP contribution is -2.43. The highest BCUT2D eigenvalue weighted by atomic mass is 32.2. The predicted molar refractivity (Wildman–Crippen MR) is 94.1 cm³/mol. The van der Waals surface area contributed by atoms with Gasteiger partial charge in [-0.25, -0.2) is 0 Å². The molecule has 24 heavy (non-hydrogen) atoms. The number of methoxy groups -OCH3 is 1. The van der Waals surface area contributed by atoms with Crippen LogP contribution in [0.5, 0.6) is 5.75 Å². The zero-order chi connectivity index (χ0) is 17.7. The van der Waals surface area contributed by atoms with Crippen LogP contribution in [0.1, 0.15) is 27.7 Å². The van der Waals surface area contributed by atoms with Crippen LogP contribution in [-0.2, 0) is 4.79 Å². The Hall–Kier alpha value is -2.02. The zero-order valence-electron chi connectivity index (χ0n) is 14.6. The van der Waals surface area contributed by atoms with Gasteiger partial charge in [-0.05, 0) is 52.0 Å². The van der Waals surface area contributed by atoms with Crippen molar-refractivity contribution in [1.82, 2.24) is 15.1 Å². The molecule has 7 heteroatoms. The smallest absolute Gasteiger partial charge is 0.277 e. The van der Waals surface area contributed by atoms with E-state index in [1.807, 2.05) is 56.9 Å². The first-order valence-electron chi connectivity index (χ1n) is 7.84. The summed E-state index contributed by atoms with van der Waals surface area (Å²) < 4.78 is 10.7. The van der Waals surface area contributed by atoms with Gasteiger partial charge < -0.3 is 14.1 Å². The number of amides is 1. The Balaban J connectivity index is 1.99. The average molecular weight is 349 g/mol. The molecule has 0 fully saturated rings. The van der Waals surface area contributed by atoms with Crippen molar-refractivity contribution < 1.29 is 13.9 Å². The molecule has 0 spiro atoms. The van der Waals surface area contributed by atoms with E-state index >= 15 is 0 Å². The summed E-state index contributed by atoms with van der Waals surface area (Å²) in [5.41, 5.74) is 0.812. The van der Waals surface area contributed by atoms with Crippen molar-refractivity contribution in [3.8, 4) is 17.2 Å². The number of carbonyl (C=O) groups excluding carboxylic acids is 1. The Morgan fingerprint density at radius 1 is 1.17 bits per heavy atom. The normalized spacial score (nSPS) is 11.1. The summed E-state index contributed by atoms with van der Waals surface area (Å²) in [6.07, 6.45) is 0. The lowest BCUT2D eigenvalue weighted by atomic mass is 10.2. The SMILES string of the molecule is COc1ccc(-c2nnc(SCC(=O)N(C(C)C)C(C)C)o2)cc1. The molecule has 2 aromatic rings. The van der Waals surface area contributed by atoms with Gasteiger partial charge in [-0.2, -0.15) is 0 Å². The molecule has 0 N–H and O–H groups in total. The molecular formula is C17H23N3O3S. The van der Waals surface area contributed by atoms with Crippen molar-refractivity contribution in [2.75, 3.05) is 12.9 Å². The summed E-state index contributed by atoms with van der Waals surface area (Å²) in [4.78, 5) is 14.2. The van der Waals surface area contributed by atoms with Crippen molar-refractivity contribution >= 4 is 17.7 Å². The summed E-state index contributed by atoms with van der Waals surface area (Å²) in [5, 5.41) is 8.42. The molecule has 0 unspecified atom stereocenters. The molecule has 0 radical (unpaired) electrons. The topological polar surface area (TPSA) is 68.5 Å². The number of aromatic nitrogens is 2. The quantitative estimate of drug-likeness (QED) is 0.713. The van der Waals surface area contributed by atoms with Crippen LogP contribution >= 0.6 is 11.8 Å². The van der Waals surface area contributed by atoms with Gasteiger partial charge in [0.05, 0.1) is 12.9 Å². The van der Waals surface area contributed by atoms with Crippen LogP contribution in [0.15, 0.2) is 33.9 Å². The van der Waals surface area contributed by atoms with Gasteiger partial charge in [0.25, 0.3) is 5.22 Å². The first kappa shape index (κ1) is 18.3. The van der Waals surface area contributed by atoms with E-state index in [2.05, 4.69) is 10.2 Å². The molecule has 6 nitrogen and oxygen atoms in total. The second-order valence-corrected chi connectivity index (χ2v) is 6.81. The second kappa shape index (κ2) is 8.19. The van der Waals surface area contributed by atoms with E-state index in [9.17, 15) is 4.79 Å². The summed E-state index contributed by atoms with van der Waals surface area (Å²) in [7, 11) is 1.62. The number of thioether (sulfide) groups is 1. The van der Waals surface area contributed by atoms with Crippen LogP contribution in [0.2, 0.25) is 0 Å². The number of nitrogens with zero attached hydrogens (tertiary/aromatic N) is 3. The molecule has 0 aliphatic rings. The fourth-order valence-corrected chi connectivity index (χ4v) is 3.12. The van der Waals surface area contributed by atoms with Crippen molar-refractivity contribution in [1.29, 1.82) is 0 Å². The van der Waals surface area contributed by atoms with Gasteiger partial charge in [-0.1, -0.05) is 11.8 Å². The third kappa shape index (κ3) is 4.50. The van der Waals surface area contributed by atoms with Crippen LogP contribution in [0, 0.1) is 0 Å². The number of hydrogen-bond acceptors (Lipinski definition) is 6. The molecule has 1 aromatic heterocycles. The van der Waals surface area contributed by atoms with E-state index in [0.29, 0.717) is 11.1 Å². The summed E-state index contributed by atoms with van der Waals surface area (Å²) >= 11 is 1.26. The van der Waals surface area contributed by atoms with Gasteiger partial charge >= 0.3 is 0 Å². The van der Waals surface area contributed by atoms with Crippen molar-refractivity contribution in [2.24, 2.45) is 0 Å². The molecule has 0 aliphatic heterocycles. The second-order valence-electron chi connectivity index (χ2n) is 5.88. The molecule has 0 saturated carbocycles. The molecule has 1 aromatic carbocycles. The Bertz CT molecular complexity index is 660. The van der Waals surface area contributed by atoms with E-state index in [-0.39, 0.29) is 23.7 Å². The minimum absolute atomic E-state index is 0.0641. The minimum Gasteiger partial charge on any atom is -0.497 e. The van der Waals surface area contributed by atoms with Crippen LogP contribution in [0.3, 0.4) is 0 Å². The van der Waals surface area contributed by atoms with Crippen LogP contribution in [0.4, 0.5) is 0 Å². The molecule has 0 atom stereocenters. The number of benzene rings is 1. The highest BCUT2D eigenvalue weighted by Crippen LogP contribution is 2.25. The monoisotopic (exact) mass is 349 g/mol. The summed E-state index contributed by atoms with van der Waals surface area (Å²) in [5.74, 6) is 1.54. The van der Waals surface area contributed by atoms with Crippen LogP contribution in [-0.4, -0.2) is 46.0 Å². The molecule has 0 saturated heterocycles. The fraction of sp³-hybridized carbons (Fsp3) is 0.471. The largest absolute Gasteiger partial charge is 0.497 e. The van der Waals surface area contributed by atoms with Gasteiger partial charge in [0.15, 0.2) is 0 Å². The molecule has 0 bridgehead atoms. The Morgan fingerprint density at radius 3 is 2.33 bits per heavy atom. The van der Waals surface area contributed by atoms with Gasteiger partial charge in [0.2, 0.25) is 11.8 Å². The number of hydrogen-bond donors (Lipinski definition) is 0. The van der Waals surface area contributed by atoms with Crippen molar-refractivity contribution in [3.63, 3.8) is 0 Å². The number of carbonyl (C=O) groups is 1. The lowest BCUT2D eigenvalue weighted by molar-refractivity contribution is -0.131. The number of ether oxygens (including phenoxy) is 1. The Morgan fingerprint density at radius 2 is 1.79 bits per heavy atom. The van der Waals surface area contributed by atoms with Gasteiger partial charge in [-0.15, -0.1) is 10.2 Å². The average Bonchev–Trinajstić information content (AvgIpc) is 3.01. The highest BCUT2D eigenvalue weighted by molar-refractivity contribution is 7.99. The summed E-state index contributed by atoms with van der Waals surface area (Å²) in [6.45, 7) is 8.04. The Kier molecular flexibility index (Phi) is 6.25. The first-order valence-corrected chi connectivity index (χ1v) is 8.82. The van der Waals surface area contributed by atoms with E-state index in [1.54, 1.807) is 7.11 Å². The van der Waals surface area contributed by atoms with E-state index in [1.165, 1.54) is 11.8 Å². The predicted octanol–water partition coefficient (Wildman–Crippen LogP) is 3.48. The third-order valence-corrected chi connectivity index (χ3v) is 4.27. The zero-order valence-corrected chi connectivity index (χ0v) is 15.5. The number of rotatable bonds is 7. The van der Waals surface area contributed by atoms with E-state index < -0.39 is 0 Å². The maximum absolute atomic E-state index is 12.3. The lowest BCUT2D eigenvalue weighted by Gasteiger charge is -2.30. The van der Waals surface area contributed by atoms with Gasteiger partial charge in [0, 0.05) is 17.6 Å². The molecule has 2 rings (SSSR count). The van der Waals surface area contributed by atoms with E-state index in [4.69, 9.17) is 9.15 Å². The van der Waals surface area contributed by atoms with Crippen molar-refractivity contribution in [2.45, 2.75) is 45.0 Å². The van der Waals surface area contributed by atoms with Crippen molar-refractivity contribution in [3.05, 3.63) is 24.3 Å². The fourth-order valence-electron chi connectivity index (χ4n) is 2.49. The van der Waals surface area contributed by atoms with Gasteiger partial charge in [-0.3, -0.25) is 4.79 Å². The van der Waals surface area contributed by atoms with E-state index in [0.717, 1.165) is 11.3 Å². The van der Waals surface area contributed by atoms with Gasteiger partial charge in [0.1, 0.15) is 5.75 Å². The molecule has 1 amide bonds. The molecular weight excluding hydrogens is 326 g/mol. The maximum Gasteiger partial charge on any atom is 0.277 e. The third-order valence-electron chi connectivity index (χ3n) is 3.46. The highest BCUT2D eigenvalue weighted by Gasteiger charge is 2.21. The summed E-state index contributed by atoms with van der Waals surface area (Å²) in [6, 6.07) is 7.69. The van der Waals surface area contributed by atoms with Crippen LogP contribution in [0.25, 0.3) is 11.5 Å². The Labute approximate surface area is 146 Å².